The number of aliphatic hydroxyl groups is 1. The van der Waals surface area contributed by atoms with Crippen LogP contribution in [0.4, 0.5) is 0 Å². The predicted octanol–water partition coefficient (Wildman–Crippen LogP) is 5.68. The van der Waals surface area contributed by atoms with E-state index in [0.29, 0.717) is 48.2 Å². The lowest BCUT2D eigenvalue weighted by Crippen LogP contribution is -2.29. The molecule has 1 amide bonds. The van der Waals surface area contributed by atoms with Gasteiger partial charge in [-0.2, -0.15) is 0 Å². The summed E-state index contributed by atoms with van der Waals surface area (Å²) in [5, 5.41) is 11.4. The van der Waals surface area contributed by atoms with Crippen molar-refractivity contribution in [2.24, 2.45) is 0 Å². The van der Waals surface area contributed by atoms with Crippen LogP contribution < -0.4 is 14.2 Å². The van der Waals surface area contributed by atoms with Crippen LogP contribution in [0.5, 0.6) is 17.2 Å². The molecule has 1 aliphatic heterocycles. The number of aromatic nitrogens is 1. The second kappa shape index (κ2) is 13.0. The zero-order valence-corrected chi connectivity index (χ0v) is 22.6. The van der Waals surface area contributed by atoms with Crippen LogP contribution in [0.25, 0.3) is 5.76 Å². The van der Waals surface area contributed by atoms with Gasteiger partial charge in [0, 0.05) is 24.5 Å². The average Bonchev–Trinajstić information content (AvgIpc) is 3.20. The van der Waals surface area contributed by atoms with Crippen molar-refractivity contribution in [3.63, 3.8) is 0 Å². The summed E-state index contributed by atoms with van der Waals surface area (Å²) in [5.41, 5.74) is 1.86. The molecule has 3 aromatic rings. The number of rotatable bonds is 12. The second-order valence-corrected chi connectivity index (χ2v) is 9.08. The minimum Gasteiger partial charge on any atom is -0.507 e. The number of benzene rings is 2. The van der Waals surface area contributed by atoms with Gasteiger partial charge in [-0.15, -0.1) is 0 Å². The number of amides is 1. The molecule has 8 nitrogen and oxygen atoms in total. The van der Waals surface area contributed by atoms with Gasteiger partial charge < -0.3 is 24.2 Å². The molecule has 2 heterocycles. The smallest absolute Gasteiger partial charge is 0.295 e. The van der Waals surface area contributed by atoms with Crippen molar-refractivity contribution >= 4 is 17.4 Å². The monoisotopic (exact) mass is 530 g/mol. The summed E-state index contributed by atoms with van der Waals surface area (Å²) in [6.07, 6.45) is 5.17. The van der Waals surface area contributed by atoms with Crippen LogP contribution in [0.3, 0.4) is 0 Å². The van der Waals surface area contributed by atoms with E-state index in [1.165, 1.54) is 4.90 Å². The Labute approximate surface area is 228 Å². The number of carbonyl (C=O) groups excluding carboxylic acids is 2. The highest BCUT2D eigenvalue weighted by atomic mass is 16.5. The average molecular weight is 531 g/mol. The first-order chi connectivity index (χ1) is 19.0. The fraction of sp³-hybridized carbons (Fsp3) is 0.323. The lowest BCUT2D eigenvalue weighted by atomic mass is 9.94. The van der Waals surface area contributed by atoms with Crippen LogP contribution in [0.2, 0.25) is 0 Å². The molecule has 1 N–H and O–H groups in total. The molecule has 0 radical (unpaired) electrons. The Balaban J connectivity index is 1.82. The first-order valence-electron chi connectivity index (χ1n) is 13.3. The van der Waals surface area contributed by atoms with E-state index in [1.807, 2.05) is 19.9 Å². The summed E-state index contributed by atoms with van der Waals surface area (Å²) < 4.78 is 17.3. The van der Waals surface area contributed by atoms with Crippen molar-refractivity contribution in [3.8, 4) is 17.2 Å². The molecule has 0 saturated carbocycles. The fourth-order valence-electron chi connectivity index (χ4n) is 4.51. The number of hydrogen-bond acceptors (Lipinski definition) is 7. The Kier molecular flexibility index (Phi) is 9.20. The molecule has 4 rings (SSSR count). The fourth-order valence-corrected chi connectivity index (χ4v) is 4.51. The third kappa shape index (κ3) is 6.22. The maximum atomic E-state index is 13.4. The van der Waals surface area contributed by atoms with Crippen LogP contribution in [-0.2, 0) is 16.1 Å². The van der Waals surface area contributed by atoms with Gasteiger partial charge in [0.15, 0.2) is 11.5 Å². The van der Waals surface area contributed by atoms with Crippen molar-refractivity contribution < 1.29 is 28.9 Å². The second-order valence-electron chi connectivity index (χ2n) is 9.08. The number of Topliss-reactive ketones (excluding diaryl/α,β-unsaturated/α-hetero) is 1. The summed E-state index contributed by atoms with van der Waals surface area (Å²) in [4.78, 5) is 32.3. The number of hydrogen-bond donors (Lipinski definition) is 1. The van der Waals surface area contributed by atoms with Gasteiger partial charge >= 0.3 is 0 Å². The van der Waals surface area contributed by atoms with Crippen molar-refractivity contribution in [3.05, 3.63) is 89.3 Å². The normalized spacial score (nSPS) is 16.4. The van der Waals surface area contributed by atoms with Gasteiger partial charge in [0.25, 0.3) is 11.7 Å². The molecule has 0 aliphatic carbocycles. The lowest BCUT2D eigenvalue weighted by molar-refractivity contribution is -0.140. The number of pyridine rings is 1. The van der Waals surface area contributed by atoms with E-state index in [4.69, 9.17) is 14.2 Å². The molecule has 1 saturated heterocycles. The summed E-state index contributed by atoms with van der Waals surface area (Å²) in [6, 6.07) is 14.9. The third-order valence-electron chi connectivity index (χ3n) is 6.42. The van der Waals surface area contributed by atoms with Crippen molar-refractivity contribution in [2.75, 3.05) is 19.8 Å². The summed E-state index contributed by atoms with van der Waals surface area (Å²) in [7, 11) is 0. The molecule has 2 aromatic carbocycles. The van der Waals surface area contributed by atoms with E-state index in [2.05, 4.69) is 11.9 Å². The van der Waals surface area contributed by atoms with Gasteiger partial charge in [-0.05, 0) is 79.9 Å². The number of nitrogens with zero attached hydrogens (tertiary/aromatic N) is 2. The highest BCUT2D eigenvalue weighted by Gasteiger charge is 2.46. The number of aliphatic hydroxyl groups excluding tert-OH is 1. The Bertz CT molecular complexity index is 1320. The molecule has 1 atom stereocenters. The van der Waals surface area contributed by atoms with Gasteiger partial charge in [-0.3, -0.25) is 14.6 Å². The summed E-state index contributed by atoms with van der Waals surface area (Å²) in [5.74, 6) is 0.0594. The molecule has 1 fully saturated rings. The van der Waals surface area contributed by atoms with Crippen molar-refractivity contribution in [1.82, 2.24) is 9.88 Å². The SMILES string of the molecule is CCCCOc1ccc(C2/C(=C(\O)c3ccc(OCC)cc3)C(=O)C(=O)N2Cc2ccncc2)cc1OCC. The zero-order chi connectivity index (χ0) is 27.8. The Morgan fingerprint density at radius 1 is 0.897 bits per heavy atom. The number of likely N-dealkylation sites (tertiary alicyclic amines) is 1. The van der Waals surface area contributed by atoms with E-state index in [0.717, 1.165) is 18.4 Å². The van der Waals surface area contributed by atoms with Gasteiger partial charge in [0.1, 0.15) is 11.5 Å². The van der Waals surface area contributed by atoms with Gasteiger partial charge in [0.05, 0.1) is 31.4 Å². The quantitative estimate of drug-likeness (QED) is 0.139. The summed E-state index contributed by atoms with van der Waals surface area (Å²) >= 11 is 0. The molecular formula is C31H34N2O6. The maximum Gasteiger partial charge on any atom is 0.295 e. The molecule has 0 spiro atoms. The molecule has 1 aliphatic rings. The molecule has 204 valence electrons. The standard InChI is InChI=1S/C31H34N2O6/c1-4-7-18-39-25-13-10-23(19-26(25)38-6-3)28-27(29(34)22-8-11-24(12-9-22)37-5-2)30(35)31(36)33(28)20-21-14-16-32-17-15-21/h8-17,19,28,34H,4-7,18,20H2,1-3H3/b29-27+. The van der Waals surface area contributed by atoms with Crippen LogP contribution in [0.1, 0.15) is 56.3 Å². The highest BCUT2D eigenvalue weighted by molar-refractivity contribution is 6.46. The Morgan fingerprint density at radius 3 is 2.28 bits per heavy atom. The molecule has 39 heavy (non-hydrogen) atoms. The number of carbonyl (C=O) groups is 2. The van der Waals surface area contributed by atoms with E-state index >= 15 is 0 Å². The van der Waals surface area contributed by atoms with Gasteiger partial charge in [0.2, 0.25) is 0 Å². The largest absolute Gasteiger partial charge is 0.507 e. The molecule has 1 unspecified atom stereocenters. The molecule has 8 heteroatoms. The first kappa shape index (κ1) is 27.7. The highest BCUT2D eigenvalue weighted by Crippen LogP contribution is 2.43. The van der Waals surface area contributed by atoms with Gasteiger partial charge in [-0.25, -0.2) is 0 Å². The number of ketones is 1. The van der Waals surface area contributed by atoms with Crippen molar-refractivity contribution in [2.45, 2.75) is 46.2 Å². The molecule has 1 aromatic heterocycles. The lowest BCUT2D eigenvalue weighted by Gasteiger charge is -2.26. The topological polar surface area (TPSA) is 98.2 Å². The Hall–Kier alpha value is -4.33. The minimum absolute atomic E-state index is 0.0142. The third-order valence-corrected chi connectivity index (χ3v) is 6.42. The predicted molar refractivity (Wildman–Crippen MR) is 148 cm³/mol. The van der Waals surface area contributed by atoms with E-state index in [-0.39, 0.29) is 17.9 Å². The number of ether oxygens (including phenoxy) is 3. The van der Waals surface area contributed by atoms with Crippen LogP contribution >= 0.6 is 0 Å². The van der Waals surface area contributed by atoms with E-state index < -0.39 is 17.7 Å². The Morgan fingerprint density at radius 2 is 1.62 bits per heavy atom. The van der Waals surface area contributed by atoms with E-state index in [9.17, 15) is 14.7 Å². The van der Waals surface area contributed by atoms with Gasteiger partial charge in [-0.1, -0.05) is 19.4 Å². The molecular weight excluding hydrogens is 496 g/mol. The molecule has 0 bridgehead atoms. The van der Waals surface area contributed by atoms with Crippen LogP contribution in [-0.4, -0.2) is 46.5 Å². The van der Waals surface area contributed by atoms with E-state index in [1.54, 1.807) is 60.9 Å². The van der Waals surface area contributed by atoms with Crippen molar-refractivity contribution in [1.29, 1.82) is 0 Å². The van der Waals surface area contributed by atoms with Crippen LogP contribution in [0, 0.1) is 0 Å². The minimum atomic E-state index is -0.839. The first-order valence-corrected chi connectivity index (χ1v) is 13.3. The maximum absolute atomic E-state index is 13.4. The van der Waals surface area contributed by atoms with Crippen LogP contribution in [0.15, 0.2) is 72.6 Å². The zero-order valence-electron chi connectivity index (χ0n) is 22.6. The summed E-state index contributed by atoms with van der Waals surface area (Å²) in [6.45, 7) is 7.48. The number of unbranched alkanes of at least 4 members (excludes halogenated alkanes) is 1.